The second kappa shape index (κ2) is 5.92. The highest BCUT2D eigenvalue weighted by atomic mass is 32.1. The molecule has 3 rings (SSSR count). The van der Waals surface area contributed by atoms with Gasteiger partial charge < -0.3 is 14.5 Å². The Morgan fingerprint density at radius 1 is 1.43 bits per heavy atom. The van der Waals surface area contributed by atoms with E-state index in [0.29, 0.717) is 30.6 Å². The van der Waals surface area contributed by atoms with Gasteiger partial charge >= 0.3 is 5.97 Å². The molecule has 0 saturated heterocycles. The van der Waals surface area contributed by atoms with E-state index in [1.165, 1.54) is 18.3 Å². The number of hydrogen-bond donors (Lipinski definition) is 1. The maximum Gasteiger partial charge on any atom is 0.302 e. The van der Waals surface area contributed by atoms with Gasteiger partial charge in [0.05, 0.1) is 18.2 Å². The number of hydrogen-bond acceptors (Lipinski definition) is 7. The van der Waals surface area contributed by atoms with Gasteiger partial charge in [0.1, 0.15) is 17.3 Å². The minimum Gasteiger partial charge on any atom is -0.464 e. The summed E-state index contributed by atoms with van der Waals surface area (Å²) < 4.78 is 10.2. The van der Waals surface area contributed by atoms with Gasteiger partial charge in [-0.25, -0.2) is 9.97 Å². The molecule has 0 aliphatic carbocycles. The van der Waals surface area contributed by atoms with Gasteiger partial charge in [-0.3, -0.25) is 4.79 Å². The number of fused-ring (bicyclic) bond motifs is 1. The van der Waals surface area contributed by atoms with Crippen LogP contribution in [-0.2, 0) is 9.53 Å². The molecule has 0 aliphatic heterocycles. The number of anilines is 1. The van der Waals surface area contributed by atoms with Crippen molar-refractivity contribution in [3.05, 3.63) is 29.8 Å². The van der Waals surface area contributed by atoms with Gasteiger partial charge in [0.15, 0.2) is 11.6 Å². The molecule has 0 unspecified atom stereocenters. The molecule has 108 valence electrons. The number of rotatable bonds is 5. The van der Waals surface area contributed by atoms with Crippen LogP contribution in [0.2, 0.25) is 0 Å². The van der Waals surface area contributed by atoms with Crippen LogP contribution in [0.5, 0.6) is 0 Å². The van der Waals surface area contributed by atoms with Gasteiger partial charge in [0, 0.05) is 6.92 Å². The van der Waals surface area contributed by atoms with Crippen molar-refractivity contribution in [2.75, 3.05) is 18.5 Å². The predicted molar refractivity (Wildman–Crippen MR) is 80.2 cm³/mol. The van der Waals surface area contributed by atoms with Crippen molar-refractivity contribution in [1.29, 1.82) is 0 Å². The lowest BCUT2D eigenvalue weighted by molar-refractivity contribution is -0.140. The lowest BCUT2D eigenvalue weighted by atomic mass is 10.3. The van der Waals surface area contributed by atoms with Crippen molar-refractivity contribution in [3.8, 4) is 11.6 Å². The zero-order chi connectivity index (χ0) is 14.7. The van der Waals surface area contributed by atoms with E-state index in [9.17, 15) is 4.79 Å². The summed E-state index contributed by atoms with van der Waals surface area (Å²) in [6, 6.07) is 5.57. The first-order chi connectivity index (χ1) is 10.2. The van der Waals surface area contributed by atoms with Gasteiger partial charge in [0.2, 0.25) is 0 Å². The largest absolute Gasteiger partial charge is 0.464 e. The molecule has 1 N–H and O–H groups in total. The van der Waals surface area contributed by atoms with Crippen LogP contribution in [-0.4, -0.2) is 29.1 Å². The molecule has 0 amide bonds. The molecule has 6 nitrogen and oxygen atoms in total. The lowest BCUT2D eigenvalue weighted by Crippen LogP contribution is -2.13. The van der Waals surface area contributed by atoms with Crippen LogP contribution in [0, 0.1) is 0 Å². The van der Waals surface area contributed by atoms with Crippen LogP contribution in [0.25, 0.3) is 21.8 Å². The summed E-state index contributed by atoms with van der Waals surface area (Å²) in [5.74, 6) is 1.56. The quantitative estimate of drug-likeness (QED) is 0.577. The summed E-state index contributed by atoms with van der Waals surface area (Å²) in [5, 5.41) is 6.07. The molecule has 0 atom stereocenters. The van der Waals surface area contributed by atoms with Crippen molar-refractivity contribution >= 4 is 33.3 Å². The number of ether oxygens (including phenoxy) is 1. The summed E-state index contributed by atoms with van der Waals surface area (Å²) >= 11 is 1.54. The Morgan fingerprint density at radius 3 is 3.10 bits per heavy atom. The summed E-state index contributed by atoms with van der Waals surface area (Å²) in [6.07, 6.45) is 1.59. The van der Waals surface area contributed by atoms with E-state index in [4.69, 9.17) is 9.15 Å². The molecule has 0 fully saturated rings. The Bertz CT molecular complexity index is 752. The van der Waals surface area contributed by atoms with Crippen molar-refractivity contribution in [1.82, 2.24) is 9.97 Å². The third-order valence-corrected chi connectivity index (χ3v) is 3.57. The predicted octanol–water partition coefficient (Wildman–Crippen LogP) is 2.93. The van der Waals surface area contributed by atoms with Gasteiger partial charge in [-0.05, 0) is 23.6 Å². The Hall–Kier alpha value is -2.41. The van der Waals surface area contributed by atoms with Crippen LogP contribution in [0.3, 0.4) is 0 Å². The maximum atomic E-state index is 10.7. The minimum absolute atomic E-state index is 0.293. The fourth-order valence-corrected chi connectivity index (χ4v) is 2.63. The number of nitrogens with one attached hydrogen (secondary N) is 1. The number of aromatic nitrogens is 2. The van der Waals surface area contributed by atoms with Crippen LogP contribution < -0.4 is 5.32 Å². The zero-order valence-electron chi connectivity index (χ0n) is 11.3. The van der Waals surface area contributed by atoms with Gasteiger partial charge in [-0.2, -0.15) is 0 Å². The van der Waals surface area contributed by atoms with Crippen LogP contribution in [0.1, 0.15) is 6.92 Å². The average molecular weight is 303 g/mol. The molecule has 0 saturated carbocycles. The molecule has 0 radical (unpaired) electrons. The molecule has 0 aromatic carbocycles. The smallest absolute Gasteiger partial charge is 0.302 e. The Labute approximate surface area is 124 Å². The molecule has 0 bridgehead atoms. The Kier molecular flexibility index (Phi) is 3.83. The molecule has 3 aromatic heterocycles. The highest BCUT2D eigenvalue weighted by Gasteiger charge is 2.11. The summed E-state index contributed by atoms with van der Waals surface area (Å²) in [5.41, 5.74) is 0. The number of carbonyl (C=O) groups excluding carboxylic acids is 1. The first kappa shape index (κ1) is 13.6. The highest BCUT2D eigenvalue weighted by molar-refractivity contribution is 7.16. The Morgan fingerprint density at radius 2 is 2.33 bits per heavy atom. The molecule has 7 heteroatoms. The van der Waals surface area contributed by atoms with Crippen LogP contribution in [0.4, 0.5) is 5.82 Å². The Balaban J connectivity index is 1.85. The fourth-order valence-electron chi connectivity index (χ4n) is 1.87. The molecule has 0 spiro atoms. The summed E-state index contributed by atoms with van der Waals surface area (Å²) in [4.78, 5) is 20.6. The van der Waals surface area contributed by atoms with Crippen LogP contribution >= 0.6 is 11.3 Å². The summed E-state index contributed by atoms with van der Waals surface area (Å²) in [7, 11) is 0. The standard InChI is InChI=1S/C14H13N3O3S/c1-9(18)19-7-5-15-12-10-4-8-21-14(10)17-13(16-12)11-3-2-6-20-11/h2-4,6,8H,5,7H2,1H3,(H,15,16,17). The van der Waals surface area contributed by atoms with Gasteiger partial charge in [-0.15, -0.1) is 11.3 Å². The normalized spacial score (nSPS) is 10.7. The van der Waals surface area contributed by atoms with Gasteiger partial charge in [0.25, 0.3) is 0 Å². The summed E-state index contributed by atoms with van der Waals surface area (Å²) in [6.45, 7) is 2.16. The van der Waals surface area contributed by atoms with Crippen LogP contribution in [0.15, 0.2) is 34.3 Å². The average Bonchev–Trinajstić information content (AvgIpc) is 3.13. The van der Waals surface area contributed by atoms with Gasteiger partial charge in [-0.1, -0.05) is 0 Å². The maximum absolute atomic E-state index is 10.7. The topological polar surface area (TPSA) is 77.2 Å². The van der Waals surface area contributed by atoms with E-state index >= 15 is 0 Å². The third kappa shape index (κ3) is 3.03. The molecular formula is C14H13N3O3S. The van der Waals surface area contributed by atoms with E-state index in [1.807, 2.05) is 17.5 Å². The van der Waals surface area contributed by atoms with Crippen molar-refractivity contribution < 1.29 is 13.9 Å². The van der Waals surface area contributed by atoms with Crippen molar-refractivity contribution in [3.63, 3.8) is 0 Å². The SMILES string of the molecule is CC(=O)OCCNc1nc(-c2ccco2)nc2sccc12. The zero-order valence-corrected chi connectivity index (χ0v) is 12.1. The first-order valence-corrected chi connectivity index (χ1v) is 7.28. The third-order valence-electron chi connectivity index (χ3n) is 2.77. The molecular weight excluding hydrogens is 290 g/mol. The van der Waals surface area contributed by atoms with E-state index < -0.39 is 0 Å². The minimum atomic E-state index is -0.295. The van der Waals surface area contributed by atoms with E-state index in [2.05, 4.69) is 15.3 Å². The van der Waals surface area contributed by atoms with E-state index in [0.717, 1.165) is 10.2 Å². The van der Waals surface area contributed by atoms with E-state index in [-0.39, 0.29) is 5.97 Å². The first-order valence-electron chi connectivity index (χ1n) is 6.40. The molecule has 3 heterocycles. The number of thiophene rings is 1. The van der Waals surface area contributed by atoms with Crippen molar-refractivity contribution in [2.45, 2.75) is 6.92 Å². The number of carbonyl (C=O) groups is 1. The van der Waals surface area contributed by atoms with E-state index in [1.54, 1.807) is 12.3 Å². The molecule has 21 heavy (non-hydrogen) atoms. The fraction of sp³-hybridized carbons (Fsp3) is 0.214. The number of furan rings is 1. The number of esters is 1. The second-order valence-electron chi connectivity index (χ2n) is 4.28. The number of nitrogens with zero attached hydrogens (tertiary/aromatic N) is 2. The second-order valence-corrected chi connectivity index (χ2v) is 5.17. The lowest BCUT2D eigenvalue weighted by Gasteiger charge is -2.08. The highest BCUT2D eigenvalue weighted by Crippen LogP contribution is 2.28. The monoisotopic (exact) mass is 303 g/mol. The van der Waals surface area contributed by atoms with Crippen molar-refractivity contribution in [2.24, 2.45) is 0 Å². The molecule has 0 aliphatic rings. The molecule has 3 aromatic rings.